The third-order valence-corrected chi connectivity index (χ3v) is 1.66. The van der Waals surface area contributed by atoms with Crippen molar-refractivity contribution in [1.82, 2.24) is 5.32 Å². The van der Waals surface area contributed by atoms with Crippen LogP contribution in [0.1, 0.15) is 26.7 Å². The number of rotatable bonds is 6. The van der Waals surface area contributed by atoms with E-state index in [0.29, 0.717) is 6.61 Å². The summed E-state index contributed by atoms with van der Waals surface area (Å²) in [5, 5.41) is 2.42. The fourth-order valence-corrected chi connectivity index (χ4v) is 0.801. The Balaban J connectivity index is 3.70. The van der Waals surface area contributed by atoms with Gasteiger partial charge in [-0.05, 0) is 13.3 Å². The van der Waals surface area contributed by atoms with Gasteiger partial charge in [-0.3, -0.25) is 4.79 Å². The van der Waals surface area contributed by atoms with Crippen LogP contribution in [0.5, 0.6) is 0 Å². The number of amides is 1. The molecule has 0 fully saturated rings. The second kappa shape index (κ2) is 7.32. The zero-order chi connectivity index (χ0) is 11.0. The summed E-state index contributed by atoms with van der Waals surface area (Å²) in [6, 6.07) is -0.622. The van der Waals surface area contributed by atoms with Crippen molar-refractivity contribution < 1.29 is 14.3 Å². The van der Waals surface area contributed by atoms with Gasteiger partial charge in [0.15, 0.2) is 0 Å². The minimum atomic E-state index is -0.622. The standard InChI is InChI=1S/C9H18N2O3/c1-3-4-5-14-9(13)7(2)11-8(12)6-10/h7H,3-6,10H2,1-2H3,(H,11,12)/t7-/m1/s1. The summed E-state index contributed by atoms with van der Waals surface area (Å²) in [5.41, 5.74) is 5.08. The highest BCUT2D eigenvalue weighted by atomic mass is 16.5. The summed E-state index contributed by atoms with van der Waals surface area (Å²) in [4.78, 5) is 22.0. The minimum Gasteiger partial charge on any atom is -0.464 e. The van der Waals surface area contributed by atoms with E-state index in [9.17, 15) is 9.59 Å². The Kier molecular flexibility index (Phi) is 6.74. The fraction of sp³-hybridized carbons (Fsp3) is 0.778. The van der Waals surface area contributed by atoms with E-state index < -0.39 is 12.0 Å². The van der Waals surface area contributed by atoms with E-state index in [4.69, 9.17) is 10.5 Å². The van der Waals surface area contributed by atoms with Gasteiger partial charge in [-0.1, -0.05) is 13.3 Å². The molecule has 0 rings (SSSR count). The number of nitrogens with one attached hydrogen (secondary N) is 1. The molecule has 0 spiro atoms. The molecule has 0 saturated heterocycles. The van der Waals surface area contributed by atoms with Crippen LogP contribution in [0, 0.1) is 0 Å². The molecular weight excluding hydrogens is 184 g/mol. The van der Waals surface area contributed by atoms with E-state index in [-0.39, 0.29) is 12.5 Å². The summed E-state index contributed by atoms with van der Waals surface area (Å²) in [7, 11) is 0. The monoisotopic (exact) mass is 202 g/mol. The number of nitrogens with two attached hydrogens (primary N) is 1. The van der Waals surface area contributed by atoms with Gasteiger partial charge < -0.3 is 15.8 Å². The van der Waals surface area contributed by atoms with Crippen molar-refractivity contribution in [3.8, 4) is 0 Å². The topological polar surface area (TPSA) is 81.4 Å². The average Bonchev–Trinajstić information content (AvgIpc) is 2.17. The molecule has 0 radical (unpaired) electrons. The third kappa shape index (κ3) is 5.53. The first kappa shape index (κ1) is 12.9. The Morgan fingerprint density at radius 1 is 1.50 bits per heavy atom. The van der Waals surface area contributed by atoms with Gasteiger partial charge in [0.25, 0.3) is 0 Å². The van der Waals surface area contributed by atoms with Crippen molar-refractivity contribution in [1.29, 1.82) is 0 Å². The second-order valence-electron chi connectivity index (χ2n) is 3.01. The van der Waals surface area contributed by atoms with Crippen LogP contribution in [-0.2, 0) is 14.3 Å². The van der Waals surface area contributed by atoms with Crippen LogP contribution in [0.25, 0.3) is 0 Å². The maximum atomic E-state index is 11.2. The number of hydrogen-bond donors (Lipinski definition) is 2. The van der Waals surface area contributed by atoms with Gasteiger partial charge >= 0.3 is 5.97 Å². The molecule has 0 unspecified atom stereocenters. The minimum absolute atomic E-state index is 0.118. The SMILES string of the molecule is CCCCOC(=O)[C@@H](C)NC(=O)CN. The van der Waals surface area contributed by atoms with E-state index in [1.165, 1.54) is 0 Å². The first-order valence-corrected chi connectivity index (χ1v) is 4.77. The van der Waals surface area contributed by atoms with E-state index in [0.717, 1.165) is 12.8 Å². The summed E-state index contributed by atoms with van der Waals surface area (Å²) < 4.78 is 4.90. The third-order valence-electron chi connectivity index (χ3n) is 1.66. The van der Waals surface area contributed by atoms with Gasteiger partial charge in [-0.2, -0.15) is 0 Å². The molecule has 1 atom stereocenters. The molecule has 0 bridgehead atoms. The lowest BCUT2D eigenvalue weighted by molar-refractivity contribution is -0.147. The number of hydrogen-bond acceptors (Lipinski definition) is 4. The molecule has 0 aromatic heterocycles. The van der Waals surface area contributed by atoms with Crippen molar-refractivity contribution >= 4 is 11.9 Å². The average molecular weight is 202 g/mol. The zero-order valence-electron chi connectivity index (χ0n) is 8.71. The number of carbonyl (C=O) groups is 2. The predicted molar refractivity (Wildman–Crippen MR) is 52.5 cm³/mol. The van der Waals surface area contributed by atoms with Crippen LogP contribution >= 0.6 is 0 Å². The van der Waals surface area contributed by atoms with Gasteiger partial charge in [-0.15, -0.1) is 0 Å². The second-order valence-corrected chi connectivity index (χ2v) is 3.01. The Bertz CT molecular complexity index is 194. The van der Waals surface area contributed by atoms with Crippen molar-refractivity contribution in [3.05, 3.63) is 0 Å². The van der Waals surface area contributed by atoms with Crippen LogP contribution in [0.2, 0.25) is 0 Å². The number of carbonyl (C=O) groups excluding carboxylic acids is 2. The highest BCUT2D eigenvalue weighted by Gasteiger charge is 2.15. The van der Waals surface area contributed by atoms with Crippen LogP contribution < -0.4 is 11.1 Å². The quantitative estimate of drug-likeness (QED) is 0.461. The molecule has 14 heavy (non-hydrogen) atoms. The van der Waals surface area contributed by atoms with Crippen LogP contribution in [-0.4, -0.2) is 31.1 Å². The Hall–Kier alpha value is -1.10. The number of esters is 1. The molecular formula is C9H18N2O3. The van der Waals surface area contributed by atoms with Gasteiger partial charge in [0.2, 0.25) is 5.91 Å². The van der Waals surface area contributed by atoms with E-state index >= 15 is 0 Å². The summed E-state index contributed by atoms with van der Waals surface area (Å²) in [6.07, 6.45) is 1.81. The smallest absolute Gasteiger partial charge is 0.328 e. The molecule has 5 heteroatoms. The van der Waals surface area contributed by atoms with Crippen LogP contribution in [0.4, 0.5) is 0 Å². The van der Waals surface area contributed by atoms with E-state index in [1.807, 2.05) is 6.92 Å². The largest absolute Gasteiger partial charge is 0.464 e. The van der Waals surface area contributed by atoms with Crippen molar-refractivity contribution in [3.63, 3.8) is 0 Å². The Labute approximate surface area is 84.0 Å². The molecule has 0 aromatic rings. The molecule has 0 aliphatic carbocycles. The van der Waals surface area contributed by atoms with Gasteiger partial charge in [0.1, 0.15) is 6.04 Å². The highest BCUT2D eigenvalue weighted by Crippen LogP contribution is 1.92. The van der Waals surface area contributed by atoms with Gasteiger partial charge in [0.05, 0.1) is 13.2 Å². The zero-order valence-corrected chi connectivity index (χ0v) is 8.71. The maximum absolute atomic E-state index is 11.2. The van der Waals surface area contributed by atoms with Crippen LogP contribution in [0.15, 0.2) is 0 Å². The lowest BCUT2D eigenvalue weighted by Gasteiger charge is -2.12. The molecule has 0 aromatic carbocycles. The summed E-state index contributed by atoms with van der Waals surface area (Å²) in [5.74, 6) is -0.773. The summed E-state index contributed by atoms with van der Waals surface area (Å²) >= 11 is 0. The molecule has 1 amide bonds. The lowest BCUT2D eigenvalue weighted by Crippen LogP contribution is -2.42. The van der Waals surface area contributed by atoms with Crippen molar-refractivity contribution in [2.24, 2.45) is 5.73 Å². The van der Waals surface area contributed by atoms with Crippen LogP contribution in [0.3, 0.4) is 0 Å². The molecule has 82 valence electrons. The highest BCUT2D eigenvalue weighted by molar-refractivity contribution is 5.85. The first-order valence-electron chi connectivity index (χ1n) is 4.77. The summed E-state index contributed by atoms with van der Waals surface area (Å²) in [6.45, 7) is 3.86. The van der Waals surface area contributed by atoms with Gasteiger partial charge in [-0.25, -0.2) is 4.79 Å². The molecule has 0 heterocycles. The van der Waals surface area contributed by atoms with Crippen molar-refractivity contribution in [2.45, 2.75) is 32.7 Å². The molecule has 0 aliphatic rings. The van der Waals surface area contributed by atoms with E-state index in [2.05, 4.69) is 5.32 Å². The predicted octanol–water partition coefficient (Wildman–Crippen LogP) is -0.207. The molecule has 0 saturated carbocycles. The lowest BCUT2D eigenvalue weighted by atomic mass is 10.3. The number of unbranched alkanes of at least 4 members (excludes halogenated alkanes) is 1. The first-order chi connectivity index (χ1) is 6.61. The van der Waals surface area contributed by atoms with Crippen molar-refractivity contribution in [2.75, 3.05) is 13.2 Å². The molecule has 3 N–H and O–H groups in total. The normalized spacial score (nSPS) is 11.9. The maximum Gasteiger partial charge on any atom is 0.328 e. The Morgan fingerprint density at radius 2 is 2.14 bits per heavy atom. The Morgan fingerprint density at radius 3 is 2.64 bits per heavy atom. The molecule has 0 aliphatic heterocycles. The fourth-order valence-electron chi connectivity index (χ4n) is 0.801. The van der Waals surface area contributed by atoms with Gasteiger partial charge in [0, 0.05) is 0 Å². The van der Waals surface area contributed by atoms with E-state index in [1.54, 1.807) is 6.92 Å². The molecule has 5 nitrogen and oxygen atoms in total. The number of ether oxygens (including phenoxy) is 1.